The highest BCUT2D eigenvalue weighted by molar-refractivity contribution is 5.85. The smallest absolute Gasteiger partial charge is 0.333 e. The normalized spacial score (nSPS) is 13.5. The minimum absolute atomic E-state index is 0.0997. The van der Waals surface area contributed by atoms with Gasteiger partial charge in [-0.05, 0) is 27.3 Å². The third-order valence-electron chi connectivity index (χ3n) is 3.48. The average Bonchev–Trinajstić information content (AvgIpc) is 2.75. The molecule has 0 aliphatic heterocycles. The van der Waals surface area contributed by atoms with Crippen molar-refractivity contribution >= 4 is 17.4 Å². The number of carbonyl (C=O) groups excluding carboxylic acids is 1. The minimum Gasteiger partial charge on any atom is -0.353 e. The van der Waals surface area contributed by atoms with Crippen LogP contribution >= 0.6 is 0 Å². The van der Waals surface area contributed by atoms with Gasteiger partial charge in [0.15, 0.2) is 0 Å². The Kier molecular flexibility index (Phi) is 6.29. The first-order valence-electron chi connectivity index (χ1n) is 7.21. The summed E-state index contributed by atoms with van der Waals surface area (Å²) < 4.78 is 1.39. The van der Waals surface area contributed by atoms with Crippen molar-refractivity contribution in [3.8, 4) is 0 Å². The molecule has 0 aliphatic rings. The first-order chi connectivity index (χ1) is 10.3. The molecule has 0 saturated carbocycles. The maximum Gasteiger partial charge on any atom is 0.333 e. The number of hydrogen-bond donors (Lipinski definition) is 3. The average molecular weight is 312 g/mol. The molecule has 0 aliphatic carbocycles. The third-order valence-corrected chi connectivity index (χ3v) is 3.48. The second kappa shape index (κ2) is 7.74. The largest absolute Gasteiger partial charge is 0.353 e. The van der Waals surface area contributed by atoms with Crippen molar-refractivity contribution in [1.82, 2.24) is 20.4 Å². The van der Waals surface area contributed by atoms with Crippen molar-refractivity contribution in [3.63, 3.8) is 0 Å². The van der Waals surface area contributed by atoms with Gasteiger partial charge in [-0.2, -0.15) is 5.10 Å². The highest BCUT2D eigenvalue weighted by atomic mass is 16.6. The maximum absolute atomic E-state index is 12.2. The number of nitrogens with one attached hydrogen (secondary N) is 3. The predicted octanol–water partition coefficient (Wildman–Crippen LogP) is 0.551. The van der Waals surface area contributed by atoms with Crippen LogP contribution in [0.15, 0.2) is 0 Å². The van der Waals surface area contributed by atoms with Gasteiger partial charge < -0.3 is 16.0 Å². The summed E-state index contributed by atoms with van der Waals surface area (Å²) in [7, 11) is 3.42. The van der Waals surface area contributed by atoms with E-state index >= 15 is 0 Å². The van der Waals surface area contributed by atoms with Gasteiger partial charge in [0, 0.05) is 19.6 Å². The maximum atomic E-state index is 12.2. The zero-order valence-electron chi connectivity index (χ0n) is 13.6. The van der Waals surface area contributed by atoms with Gasteiger partial charge in [-0.25, -0.2) is 4.68 Å². The Morgan fingerprint density at radius 1 is 1.50 bits per heavy atom. The molecule has 0 spiro atoms. The minimum atomic E-state index is -0.558. The van der Waals surface area contributed by atoms with Crippen LogP contribution in [0.2, 0.25) is 0 Å². The summed E-state index contributed by atoms with van der Waals surface area (Å²) in [5, 5.41) is 24.0. The Morgan fingerprint density at radius 2 is 2.14 bits per heavy atom. The molecule has 0 saturated heterocycles. The Hall–Kier alpha value is -2.16. The molecule has 1 heterocycles. The van der Waals surface area contributed by atoms with E-state index in [-0.39, 0.29) is 23.5 Å². The van der Waals surface area contributed by atoms with E-state index in [9.17, 15) is 14.9 Å². The molecule has 1 aromatic heterocycles. The van der Waals surface area contributed by atoms with E-state index in [0.717, 1.165) is 0 Å². The van der Waals surface area contributed by atoms with Crippen molar-refractivity contribution in [1.29, 1.82) is 0 Å². The summed E-state index contributed by atoms with van der Waals surface area (Å²) in [5.41, 5.74) is 0.214. The molecule has 124 valence electrons. The van der Waals surface area contributed by atoms with Crippen LogP contribution < -0.4 is 16.0 Å². The Bertz CT molecular complexity index is 542. The lowest BCUT2D eigenvalue weighted by Crippen LogP contribution is -2.44. The van der Waals surface area contributed by atoms with E-state index in [4.69, 9.17) is 0 Å². The van der Waals surface area contributed by atoms with Crippen LogP contribution in [0.3, 0.4) is 0 Å². The molecule has 9 nitrogen and oxygen atoms in total. The molecule has 3 N–H and O–H groups in total. The quantitative estimate of drug-likeness (QED) is 0.477. The van der Waals surface area contributed by atoms with Crippen molar-refractivity contribution in [2.75, 3.05) is 18.9 Å². The molecule has 0 aromatic carbocycles. The van der Waals surface area contributed by atoms with Crippen LogP contribution in [-0.4, -0.2) is 46.3 Å². The van der Waals surface area contributed by atoms with Crippen molar-refractivity contribution in [3.05, 3.63) is 15.8 Å². The first-order valence-corrected chi connectivity index (χ1v) is 7.21. The zero-order chi connectivity index (χ0) is 16.9. The predicted molar refractivity (Wildman–Crippen MR) is 83.8 cm³/mol. The second-order valence-electron chi connectivity index (χ2n) is 5.20. The van der Waals surface area contributed by atoms with Gasteiger partial charge in [-0.3, -0.25) is 14.9 Å². The number of hydrogen-bond acceptors (Lipinski definition) is 6. The van der Waals surface area contributed by atoms with Crippen LogP contribution in [0.5, 0.6) is 0 Å². The van der Waals surface area contributed by atoms with E-state index in [2.05, 4.69) is 21.0 Å². The van der Waals surface area contributed by atoms with E-state index in [1.807, 2.05) is 20.9 Å². The first kappa shape index (κ1) is 17.9. The summed E-state index contributed by atoms with van der Waals surface area (Å²) in [4.78, 5) is 22.9. The monoisotopic (exact) mass is 312 g/mol. The number of amides is 1. The second-order valence-corrected chi connectivity index (χ2v) is 5.20. The fourth-order valence-corrected chi connectivity index (χ4v) is 2.02. The van der Waals surface area contributed by atoms with Crippen LogP contribution in [0.4, 0.5) is 11.5 Å². The number of anilines is 1. The molecule has 0 radical (unpaired) electrons. The van der Waals surface area contributed by atoms with E-state index < -0.39 is 11.0 Å². The fourth-order valence-electron chi connectivity index (χ4n) is 2.02. The highest BCUT2D eigenvalue weighted by Gasteiger charge is 2.27. The lowest BCUT2D eigenvalue weighted by molar-refractivity contribution is -0.384. The summed E-state index contributed by atoms with van der Waals surface area (Å²) in [5.74, 6) is 0.0453. The molecule has 0 bridgehead atoms. The topological polar surface area (TPSA) is 114 Å². The summed E-state index contributed by atoms with van der Waals surface area (Å²) in [6.45, 7) is 5.84. The lowest BCUT2D eigenvalue weighted by atomic mass is 10.2. The SMILES string of the molecule is CCC(Nc1c([N+](=O)[O-])c(C)nn1C)C(=O)NCC(C)NC. The molecule has 1 aromatic rings. The van der Waals surface area contributed by atoms with Gasteiger partial charge in [0.05, 0.1) is 4.92 Å². The molecule has 9 heteroatoms. The Balaban J connectivity index is 2.86. The molecule has 1 amide bonds. The van der Waals surface area contributed by atoms with E-state index in [1.165, 1.54) is 4.68 Å². The molecule has 0 fully saturated rings. The van der Waals surface area contributed by atoms with Crippen LogP contribution in [0.1, 0.15) is 26.0 Å². The molecule has 22 heavy (non-hydrogen) atoms. The molecule has 2 atom stereocenters. The number of carbonyl (C=O) groups is 1. The summed E-state index contributed by atoms with van der Waals surface area (Å²) >= 11 is 0. The third kappa shape index (κ3) is 4.17. The van der Waals surface area contributed by atoms with Crippen LogP contribution in [0.25, 0.3) is 0 Å². The van der Waals surface area contributed by atoms with Gasteiger partial charge in [0.1, 0.15) is 11.7 Å². The van der Waals surface area contributed by atoms with Crippen LogP contribution in [0, 0.1) is 17.0 Å². The van der Waals surface area contributed by atoms with Gasteiger partial charge in [-0.1, -0.05) is 6.92 Å². The number of aryl methyl sites for hydroxylation is 2. The fraction of sp³-hybridized carbons (Fsp3) is 0.692. The van der Waals surface area contributed by atoms with Crippen molar-refractivity contribution in [2.24, 2.45) is 7.05 Å². The van der Waals surface area contributed by atoms with Crippen LogP contribution in [-0.2, 0) is 11.8 Å². The molecule has 1 rings (SSSR count). The number of nitrogens with zero attached hydrogens (tertiary/aromatic N) is 3. The Morgan fingerprint density at radius 3 is 2.64 bits per heavy atom. The van der Waals surface area contributed by atoms with Gasteiger partial charge in [0.25, 0.3) is 0 Å². The number of nitro groups is 1. The molecule has 2 unspecified atom stereocenters. The lowest BCUT2D eigenvalue weighted by Gasteiger charge is -2.19. The number of rotatable bonds is 8. The van der Waals surface area contributed by atoms with E-state index in [1.54, 1.807) is 14.0 Å². The molecular formula is C13H24N6O3. The van der Waals surface area contributed by atoms with Crippen molar-refractivity contribution < 1.29 is 9.72 Å². The number of aromatic nitrogens is 2. The van der Waals surface area contributed by atoms with Gasteiger partial charge in [0.2, 0.25) is 11.7 Å². The summed E-state index contributed by atoms with van der Waals surface area (Å²) in [6, 6.07) is -0.410. The highest BCUT2D eigenvalue weighted by Crippen LogP contribution is 2.28. The molecular weight excluding hydrogens is 288 g/mol. The van der Waals surface area contributed by atoms with Gasteiger partial charge >= 0.3 is 5.69 Å². The standard InChI is InChI=1S/C13H24N6O3/c1-6-10(13(20)15-7-8(2)14-4)16-12-11(19(21)22)9(3)17-18(12)5/h8,10,14,16H,6-7H2,1-5H3,(H,15,20). The van der Waals surface area contributed by atoms with Crippen molar-refractivity contribution in [2.45, 2.75) is 39.3 Å². The Labute approximate surface area is 129 Å². The van der Waals surface area contributed by atoms with Gasteiger partial charge in [-0.15, -0.1) is 0 Å². The zero-order valence-corrected chi connectivity index (χ0v) is 13.6. The van der Waals surface area contributed by atoms with E-state index in [0.29, 0.717) is 18.7 Å². The summed E-state index contributed by atoms with van der Waals surface area (Å²) in [6.07, 6.45) is 0.501. The number of likely N-dealkylation sites (N-methyl/N-ethyl adjacent to an activating group) is 1.